The van der Waals surface area contributed by atoms with Gasteiger partial charge in [0.15, 0.2) is 0 Å². The van der Waals surface area contributed by atoms with E-state index >= 15 is 0 Å². The Morgan fingerprint density at radius 1 is 1.26 bits per heavy atom. The third-order valence-corrected chi connectivity index (χ3v) is 2.91. The maximum atomic E-state index is 11.7. The van der Waals surface area contributed by atoms with Crippen molar-refractivity contribution in [1.82, 2.24) is 5.32 Å². The number of anilines is 1. The molecule has 0 aliphatic rings. The van der Waals surface area contributed by atoms with E-state index in [1.165, 1.54) is 24.3 Å². The zero-order valence-corrected chi connectivity index (χ0v) is 10.4. The summed E-state index contributed by atoms with van der Waals surface area (Å²) in [5, 5.41) is 10.8. The second-order valence-corrected chi connectivity index (χ2v) is 5.23. The molecule has 1 aromatic rings. The fraction of sp³-hybridized carbons (Fsp3) is 0.200. The lowest BCUT2D eigenvalue weighted by Crippen LogP contribution is -2.45. The molecule has 0 aliphatic carbocycles. The largest absolute Gasteiger partial charge is 0.480 e. The van der Waals surface area contributed by atoms with Gasteiger partial charge in [-0.25, -0.2) is 4.79 Å². The molecule has 0 aromatic heterocycles. The molecule has 8 nitrogen and oxygen atoms in total. The molecule has 1 atom stereocenters. The molecule has 1 amide bonds. The lowest BCUT2D eigenvalue weighted by Gasteiger charge is -2.12. The molecule has 5 N–H and O–H groups in total. The van der Waals surface area contributed by atoms with Gasteiger partial charge in [-0.3, -0.25) is 9.35 Å². The molecule has 104 valence electrons. The zero-order valence-electron chi connectivity index (χ0n) is 9.61. The first-order valence-electron chi connectivity index (χ1n) is 5.03. The van der Waals surface area contributed by atoms with Crippen LogP contribution in [0.4, 0.5) is 5.69 Å². The van der Waals surface area contributed by atoms with Gasteiger partial charge in [-0.1, -0.05) is 0 Å². The van der Waals surface area contributed by atoms with Gasteiger partial charge >= 0.3 is 5.97 Å². The number of nitrogens with one attached hydrogen (secondary N) is 1. The van der Waals surface area contributed by atoms with Crippen LogP contribution in [0.1, 0.15) is 10.4 Å². The highest BCUT2D eigenvalue weighted by Crippen LogP contribution is 2.06. The SMILES string of the molecule is Nc1ccc(C(=O)N[C@@H](CS(=O)(=O)O)C(=O)O)cc1. The molecule has 9 heteroatoms. The van der Waals surface area contributed by atoms with Gasteiger partial charge in [0.25, 0.3) is 16.0 Å². The number of carboxylic acids is 1. The van der Waals surface area contributed by atoms with E-state index in [4.69, 9.17) is 15.4 Å². The molecule has 0 saturated carbocycles. The van der Waals surface area contributed by atoms with Gasteiger partial charge in [-0.05, 0) is 24.3 Å². The van der Waals surface area contributed by atoms with Gasteiger partial charge in [0.05, 0.1) is 0 Å². The first-order chi connectivity index (χ1) is 8.69. The van der Waals surface area contributed by atoms with Crippen molar-refractivity contribution in [2.24, 2.45) is 0 Å². The number of benzene rings is 1. The summed E-state index contributed by atoms with van der Waals surface area (Å²) in [6.07, 6.45) is 0. The summed E-state index contributed by atoms with van der Waals surface area (Å²) >= 11 is 0. The van der Waals surface area contributed by atoms with Gasteiger partial charge in [0, 0.05) is 11.3 Å². The molecule has 0 aliphatic heterocycles. The van der Waals surface area contributed by atoms with E-state index < -0.39 is 33.8 Å². The standard InChI is InChI=1S/C10H12N2O6S/c11-7-3-1-6(2-4-7)9(13)12-8(10(14)15)5-19(16,17)18/h1-4,8H,5,11H2,(H,12,13)(H,14,15)(H,16,17,18)/t8-/m0/s1. The maximum Gasteiger partial charge on any atom is 0.327 e. The van der Waals surface area contributed by atoms with E-state index in [-0.39, 0.29) is 5.56 Å². The average Bonchev–Trinajstić information content (AvgIpc) is 2.27. The van der Waals surface area contributed by atoms with Crippen LogP contribution in [0.5, 0.6) is 0 Å². The molecule has 19 heavy (non-hydrogen) atoms. The monoisotopic (exact) mass is 288 g/mol. The molecule has 0 spiro atoms. The van der Waals surface area contributed by atoms with Crippen molar-refractivity contribution in [3.05, 3.63) is 29.8 Å². The van der Waals surface area contributed by atoms with E-state index in [0.29, 0.717) is 5.69 Å². The second kappa shape index (κ2) is 5.67. The summed E-state index contributed by atoms with van der Waals surface area (Å²) in [5.74, 6) is -3.46. The number of hydrogen-bond acceptors (Lipinski definition) is 5. The number of nitrogens with two attached hydrogens (primary N) is 1. The highest BCUT2D eigenvalue weighted by atomic mass is 32.2. The summed E-state index contributed by atoms with van der Waals surface area (Å²) in [7, 11) is -4.52. The number of nitrogen functional groups attached to an aromatic ring is 1. The van der Waals surface area contributed by atoms with Crippen LogP contribution in [-0.2, 0) is 14.9 Å². The number of carboxylic acid groups (broad SMARTS) is 1. The summed E-state index contributed by atoms with van der Waals surface area (Å²) < 4.78 is 29.9. The van der Waals surface area contributed by atoms with E-state index in [1.807, 2.05) is 5.32 Å². The van der Waals surface area contributed by atoms with Gasteiger partial charge in [-0.2, -0.15) is 8.42 Å². The van der Waals surface area contributed by atoms with Crippen molar-refractivity contribution in [2.75, 3.05) is 11.5 Å². The Balaban J connectivity index is 2.82. The van der Waals surface area contributed by atoms with Gasteiger partial charge in [0.1, 0.15) is 11.8 Å². The number of carbonyl (C=O) groups excluding carboxylic acids is 1. The highest BCUT2D eigenvalue weighted by molar-refractivity contribution is 7.85. The van der Waals surface area contributed by atoms with Crippen molar-refractivity contribution < 1.29 is 27.7 Å². The minimum Gasteiger partial charge on any atom is -0.480 e. The molecular formula is C10H12N2O6S. The minimum atomic E-state index is -4.52. The predicted octanol–water partition coefficient (Wildman–Crippen LogP) is -0.660. The van der Waals surface area contributed by atoms with Crippen molar-refractivity contribution in [3.63, 3.8) is 0 Å². The molecule has 0 radical (unpaired) electrons. The fourth-order valence-corrected chi connectivity index (χ4v) is 1.91. The van der Waals surface area contributed by atoms with Crippen LogP contribution >= 0.6 is 0 Å². The van der Waals surface area contributed by atoms with E-state index in [9.17, 15) is 18.0 Å². The molecule has 0 unspecified atom stereocenters. The topological polar surface area (TPSA) is 147 Å². The average molecular weight is 288 g/mol. The van der Waals surface area contributed by atoms with Gasteiger partial charge < -0.3 is 16.2 Å². The van der Waals surface area contributed by atoms with Crippen LogP contribution < -0.4 is 11.1 Å². The molecule has 0 fully saturated rings. The Morgan fingerprint density at radius 2 is 1.79 bits per heavy atom. The van der Waals surface area contributed by atoms with E-state index in [2.05, 4.69) is 0 Å². The summed E-state index contributed by atoms with van der Waals surface area (Å²) in [4.78, 5) is 22.5. The smallest absolute Gasteiger partial charge is 0.327 e. The Morgan fingerprint density at radius 3 is 2.21 bits per heavy atom. The Bertz CT molecular complexity index is 581. The maximum absolute atomic E-state index is 11.7. The second-order valence-electron chi connectivity index (χ2n) is 3.73. The molecule has 1 rings (SSSR count). The highest BCUT2D eigenvalue weighted by Gasteiger charge is 2.26. The van der Waals surface area contributed by atoms with E-state index in [1.54, 1.807) is 0 Å². The molecule has 0 saturated heterocycles. The lowest BCUT2D eigenvalue weighted by molar-refractivity contribution is -0.138. The fourth-order valence-electron chi connectivity index (χ4n) is 1.26. The summed E-state index contributed by atoms with van der Waals surface area (Å²) in [6, 6.07) is 3.86. The number of aliphatic carboxylic acids is 1. The van der Waals surface area contributed by atoms with E-state index in [0.717, 1.165) is 0 Å². The predicted molar refractivity (Wildman–Crippen MR) is 66.2 cm³/mol. The van der Waals surface area contributed by atoms with Crippen LogP contribution in [0.15, 0.2) is 24.3 Å². The third-order valence-electron chi connectivity index (χ3n) is 2.15. The first kappa shape index (κ1) is 14.9. The van der Waals surface area contributed by atoms with Crippen molar-refractivity contribution in [3.8, 4) is 0 Å². The number of amides is 1. The summed E-state index contributed by atoms with van der Waals surface area (Å²) in [6.45, 7) is 0. The van der Waals surface area contributed by atoms with Crippen LogP contribution in [0, 0.1) is 0 Å². The lowest BCUT2D eigenvalue weighted by atomic mass is 10.2. The summed E-state index contributed by atoms with van der Waals surface area (Å²) in [5.41, 5.74) is 5.96. The molecule has 1 aromatic carbocycles. The normalized spacial score (nSPS) is 12.7. The van der Waals surface area contributed by atoms with Crippen LogP contribution in [-0.4, -0.2) is 41.7 Å². The van der Waals surface area contributed by atoms with Crippen LogP contribution in [0.25, 0.3) is 0 Å². The van der Waals surface area contributed by atoms with Crippen LogP contribution in [0.3, 0.4) is 0 Å². The number of carbonyl (C=O) groups is 2. The first-order valence-corrected chi connectivity index (χ1v) is 6.64. The van der Waals surface area contributed by atoms with Crippen molar-refractivity contribution in [1.29, 1.82) is 0 Å². The zero-order chi connectivity index (χ0) is 14.6. The Labute approximate surface area is 109 Å². The van der Waals surface area contributed by atoms with Gasteiger partial charge in [0.2, 0.25) is 0 Å². The molecule has 0 bridgehead atoms. The number of hydrogen-bond donors (Lipinski definition) is 4. The quantitative estimate of drug-likeness (QED) is 0.415. The number of rotatable bonds is 5. The Hall–Kier alpha value is -2.13. The van der Waals surface area contributed by atoms with Crippen LogP contribution in [0.2, 0.25) is 0 Å². The third kappa shape index (κ3) is 4.94. The van der Waals surface area contributed by atoms with Crippen molar-refractivity contribution >= 4 is 27.7 Å². The molecule has 0 heterocycles. The Kier molecular flexibility index (Phi) is 4.46. The van der Waals surface area contributed by atoms with Gasteiger partial charge in [-0.15, -0.1) is 0 Å². The van der Waals surface area contributed by atoms with Crippen molar-refractivity contribution in [2.45, 2.75) is 6.04 Å². The minimum absolute atomic E-state index is 0.121. The molecular weight excluding hydrogens is 276 g/mol.